The fourth-order valence-corrected chi connectivity index (χ4v) is 6.66. The van der Waals surface area contributed by atoms with Crippen molar-refractivity contribution in [3.05, 3.63) is 53.4 Å². The lowest BCUT2D eigenvalue weighted by atomic mass is 9.94. The molecule has 0 radical (unpaired) electrons. The Bertz CT molecular complexity index is 1300. The molecule has 1 aromatic heterocycles. The molecule has 186 valence electrons. The van der Waals surface area contributed by atoms with E-state index in [2.05, 4.69) is 29.4 Å². The molecule has 0 amide bonds. The van der Waals surface area contributed by atoms with Crippen molar-refractivity contribution in [2.75, 3.05) is 25.1 Å². The number of benzene rings is 2. The number of rotatable bonds is 8. The lowest BCUT2D eigenvalue weighted by Gasteiger charge is -2.34. The summed E-state index contributed by atoms with van der Waals surface area (Å²) in [5.41, 5.74) is 5.07. The molecule has 1 aliphatic rings. The number of aromatic nitrogens is 1. The monoisotopic (exact) mass is 514 g/mol. The SMILES string of the molecule is CCOc1cc(C=NNc2nc(-c3cccc(S(=O)(=O)N4CC(C)CC(C)C4)c3)cs2)ccc1O. The minimum absolute atomic E-state index is 0.0788. The molecule has 0 spiro atoms. The van der Waals surface area contributed by atoms with Crippen LogP contribution in [0.2, 0.25) is 0 Å². The molecule has 2 N–H and O–H groups in total. The molecule has 1 saturated heterocycles. The van der Waals surface area contributed by atoms with Crippen molar-refractivity contribution in [2.45, 2.75) is 32.1 Å². The summed E-state index contributed by atoms with van der Waals surface area (Å²) >= 11 is 1.37. The second-order valence-electron chi connectivity index (χ2n) is 8.86. The van der Waals surface area contributed by atoms with Crippen molar-refractivity contribution in [1.29, 1.82) is 0 Å². The van der Waals surface area contributed by atoms with Crippen molar-refractivity contribution in [3.63, 3.8) is 0 Å². The number of hydrazone groups is 1. The predicted octanol–water partition coefficient (Wildman–Crippen LogP) is 5.03. The van der Waals surface area contributed by atoms with Crippen LogP contribution < -0.4 is 10.2 Å². The van der Waals surface area contributed by atoms with Gasteiger partial charge in [0.25, 0.3) is 0 Å². The number of thiazole rings is 1. The van der Waals surface area contributed by atoms with E-state index in [1.54, 1.807) is 46.9 Å². The van der Waals surface area contributed by atoms with Gasteiger partial charge in [-0.2, -0.15) is 9.41 Å². The summed E-state index contributed by atoms with van der Waals surface area (Å²) in [6.07, 6.45) is 2.65. The number of hydrogen-bond acceptors (Lipinski definition) is 8. The number of anilines is 1. The summed E-state index contributed by atoms with van der Waals surface area (Å²) in [4.78, 5) is 4.84. The average molecular weight is 515 g/mol. The van der Waals surface area contributed by atoms with Gasteiger partial charge in [0.15, 0.2) is 11.5 Å². The second-order valence-corrected chi connectivity index (χ2v) is 11.7. The molecule has 3 aromatic rings. The molecule has 2 unspecified atom stereocenters. The maximum absolute atomic E-state index is 13.3. The summed E-state index contributed by atoms with van der Waals surface area (Å²) < 4.78 is 33.6. The average Bonchev–Trinajstić information content (AvgIpc) is 3.30. The van der Waals surface area contributed by atoms with Crippen molar-refractivity contribution >= 4 is 32.7 Å². The van der Waals surface area contributed by atoms with Gasteiger partial charge < -0.3 is 9.84 Å². The van der Waals surface area contributed by atoms with E-state index in [1.807, 2.05) is 18.4 Å². The molecule has 1 aliphatic heterocycles. The van der Waals surface area contributed by atoms with E-state index in [0.29, 0.717) is 48.1 Å². The van der Waals surface area contributed by atoms with E-state index < -0.39 is 10.0 Å². The molecular formula is C25H30N4O4S2. The Balaban J connectivity index is 1.47. The third-order valence-electron chi connectivity index (χ3n) is 5.76. The Labute approximate surface area is 210 Å². The number of piperidine rings is 1. The molecular weight excluding hydrogens is 484 g/mol. The molecule has 10 heteroatoms. The molecule has 0 aliphatic carbocycles. The number of nitrogens with one attached hydrogen (secondary N) is 1. The van der Waals surface area contributed by atoms with Gasteiger partial charge in [0.2, 0.25) is 15.2 Å². The number of aromatic hydroxyl groups is 1. The van der Waals surface area contributed by atoms with Crippen LogP contribution in [0, 0.1) is 11.8 Å². The zero-order valence-corrected chi connectivity index (χ0v) is 21.6. The zero-order chi connectivity index (χ0) is 25.0. The minimum atomic E-state index is -3.57. The van der Waals surface area contributed by atoms with Crippen LogP contribution in [0.1, 0.15) is 32.8 Å². The van der Waals surface area contributed by atoms with Gasteiger partial charge in [-0.25, -0.2) is 13.4 Å². The van der Waals surface area contributed by atoms with Crippen LogP contribution >= 0.6 is 11.3 Å². The van der Waals surface area contributed by atoms with E-state index in [4.69, 9.17) is 4.74 Å². The van der Waals surface area contributed by atoms with E-state index in [1.165, 1.54) is 11.3 Å². The van der Waals surface area contributed by atoms with Gasteiger partial charge in [-0.05, 0) is 61.1 Å². The first-order valence-corrected chi connectivity index (χ1v) is 13.9. The first kappa shape index (κ1) is 25.2. The number of phenols is 1. The van der Waals surface area contributed by atoms with Gasteiger partial charge >= 0.3 is 0 Å². The summed E-state index contributed by atoms with van der Waals surface area (Å²) in [5, 5.41) is 16.5. The number of hydrogen-bond donors (Lipinski definition) is 2. The topological polar surface area (TPSA) is 104 Å². The molecule has 2 atom stereocenters. The van der Waals surface area contributed by atoms with Crippen LogP contribution in [-0.2, 0) is 10.0 Å². The quantitative estimate of drug-likeness (QED) is 0.323. The van der Waals surface area contributed by atoms with Crippen LogP contribution in [0.5, 0.6) is 11.5 Å². The van der Waals surface area contributed by atoms with Crippen molar-refractivity contribution < 1.29 is 18.3 Å². The molecule has 4 rings (SSSR count). The fraction of sp³-hybridized carbons (Fsp3) is 0.360. The van der Waals surface area contributed by atoms with E-state index >= 15 is 0 Å². The number of phenolic OH excluding ortho intramolecular Hbond substituents is 1. The van der Waals surface area contributed by atoms with Gasteiger partial charge in [-0.15, -0.1) is 11.3 Å². The maximum atomic E-state index is 13.3. The van der Waals surface area contributed by atoms with E-state index in [-0.39, 0.29) is 10.6 Å². The molecule has 2 heterocycles. The molecule has 2 aromatic carbocycles. The molecule has 0 bridgehead atoms. The Morgan fingerprint density at radius 1 is 1.23 bits per heavy atom. The summed E-state index contributed by atoms with van der Waals surface area (Å²) in [6, 6.07) is 11.9. The van der Waals surface area contributed by atoms with Gasteiger partial charge in [-0.1, -0.05) is 26.0 Å². The highest BCUT2D eigenvalue weighted by Gasteiger charge is 2.31. The third-order valence-corrected chi connectivity index (χ3v) is 8.34. The lowest BCUT2D eigenvalue weighted by Crippen LogP contribution is -2.42. The van der Waals surface area contributed by atoms with Crippen LogP contribution in [0.3, 0.4) is 0 Å². The number of nitrogens with zero attached hydrogens (tertiary/aromatic N) is 3. The third kappa shape index (κ3) is 6.01. The molecule has 35 heavy (non-hydrogen) atoms. The van der Waals surface area contributed by atoms with Gasteiger partial charge in [0.05, 0.1) is 23.4 Å². The first-order chi connectivity index (χ1) is 16.8. The van der Waals surface area contributed by atoms with Crippen LogP contribution in [0.25, 0.3) is 11.3 Å². The predicted molar refractivity (Wildman–Crippen MR) is 140 cm³/mol. The second kappa shape index (κ2) is 10.8. The standard InChI is InChI=1S/C25H30N4O4S2/c1-4-33-24-11-19(8-9-23(24)30)13-26-28-25-27-22(16-34-25)20-6-5-7-21(12-20)35(31,32)29-14-17(2)10-18(3)15-29/h5-9,11-13,16-18,30H,4,10,14-15H2,1-3H3,(H,27,28). The summed E-state index contributed by atoms with van der Waals surface area (Å²) in [7, 11) is -3.57. The molecule has 8 nitrogen and oxygen atoms in total. The van der Waals surface area contributed by atoms with Crippen LogP contribution in [-0.4, -0.2) is 48.7 Å². The molecule has 0 saturated carbocycles. The number of sulfonamides is 1. The fourth-order valence-electron chi connectivity index (χ4n) is 4.27. The minimum Gasteiger partial charge on any atom is -0.504 e. The van der Waals surface area contributed by atoms with Gasteiger partial charge in [0, 0.05) is 24.0 Å². The summed E-state index contributed by atoms with van der Waals surface area (Å²) in [6.45, 7) is 7.59. The Morgan fingerprint density at radius 3 is 2.74 bits per heavy atom. The van der Waals surface area contributed by atoms with Gasteiger partial charge in [-0.3, -0.25) is 5.43 Å². The first-order valence-electron chi connectivity index (χ1n) is 11.6. The van der Waals surface area contributed by atoms with Crippen molar-refractivity contribution in [2.24, 2.45) is 16.9 Å². The maximum Gasteiger partial charge on any atom is 0.243 e. The largest absolute Gasteiger partial charge is 0.504 e. The highest BCUT2D eigenvalue weighted by atomic mass is 32.2. The van der Waals surface area contributed by atoms with Crippen molar-refractivity contribution in [3.8, 4) is 22.8 Å². The number of ether oxygens (including phenoxy) is 1. The smallest absolute Gasteiger partial charge is 0.243 e. The van der Waals surface area contributed by atoms with E-state index in [9.17, 15) is 13.5 Å². The Morgan fingerprint density at radius 2 is 2.00 bits per heavy atom. The van der Waals surface area contributed by atoms with Crippen molar-refractivity contribution in [1.82, 2.24) is 9.29 Å². The van der Waals surface area contributed by atoms with Crippen LogP contribution in [0.15, 0.2) is 57.8 Å². The molecule has 1 fully saturated rings. The Hall–Kier alpha value is -2.95. The van der Waals surface area contributed by atoms with Crippen LogP contribution in [0.4, 0.5) is 5.13 Å². The van der Waals surface area contributed by atoms with E-state index in [0.717, 1.165) is 17.5 Å². The highest BCUT2D eigenvalue weighted by molar-refractivity contribution is 7.89. The Kier molecular flexibility index (Phi) is 7.73. The lowest BCUT2D eigenvalue weighted by molar-refractivity contribution is 0.222. The highest BCUT2D eigenvalue weighted by Crippen LogP contribution is 2.30. The van der Waals surface area contributed by atoms with Gasteiger partial charge in [0.1, 0.15) is 0 Å². The zero-order valence-electron chi connectivity index (χ0n) is 20.0. The normalized spacial score (nSPS) is 19.2. The summed E-state index contributed by atoms with van der Waals surface area (Å²) in [5.74, 6) is 1.17.